The second kappa shape index (κ2) is 6.01. The van der Waals surface area contributed by atoms with E-state index < -0.39 is 17.1 Å². The minimum Gasteiger partial charge on any atom is -0.336 e. The number of nitrogens with zero attached hydrogens (tertiary/aromatic N) is 1. The van der Waals surface area contributed by atoms with E-state index in [9.17, 15) is 9.59 Å². The first-order valence-electron chi connectivity index (χ1n) is 6.22. The number of amides is 1. The number of alkyl halides is 1. The van der Waals surface area contributed by atoms with E-state index in [0.29, 0.717) is 18.7 Å². The van der Waals surface area contributed by atoms with Gasteiger partial charge in [0, 0.05) is 13.1 Å². The van der Waals surface area contributed by atoms with E-state index in [-0.39, 0.29) is 0 Å². The van der Waals surface area contributed by atoms with Crippen molar-refractivity contribution < 1.29 is 9.59 Å². The van der Waals surface area contributed by atoms with Crippen LogP contribution in [0.15, 0.2) is 30.3 Å². The van der Waals surface area contributed by atoms with Crippen LogP contribution in [0, 0.1) is 0 Å². The van der Waals surface area contributed by atoms with Gasteiger partial charge >= 0.3 is 0 Å². The standard InChI is InChI=1S/C14H16ClNO2/c15-12(11-7-3-1-4-8-11)13(17)14(18)16-9-5-2-6-10-16/h1,3-4,7-8,12H,2,5-6,9-10H2. The molecule has 18 heavy (non-hydrogen) atoms. The molecule has 1 aromatic carbocycles. The number of rotatable bonds is 3. The lowest BCUT2D eigenvalue weighted by Gasteiger charge is -2.26. The van der Waals surface area contributed by atoms with Gasteiger partial charge in [-0.1, -0.05) is 30.3 Å². The highest BCUT2D eigenvalue weighted by molar-refractivity contribution is 6.48. The van der Waals surface area contributed by atoms with Crippen LogP contribution in [-0.2, 0) is 9.59 Å². The molecule has 0 spiro atoms. The summed E-state index contributed by atoms with van der Waals surface area (Å²) in [5, 5.41) is -0.874. The van der Waals surface area contributed by atoms with Crippen LogP contribution >= 0.6 is 11.6 Å². The van der Waals surface area contributed by atoms with E-state index >= 15 is 0 Å². The Balaban J connectivity index is 2.04. The van der Waals surface area contributed by atoms with Crippen molar-refractivity contribution in [3.63, 3.8) is 0 Å². The maximum absolute atomic E-state index is 12.0. The molecule has 1 fully saturated rings. The van der Waals surface area contributed by atoms with E-state index in [0.717, 1.165) is 19.3 Å². The SMILES string of the molecule is O=C(C(=O)N1CCCCC1)C(Cl)c1ccccc1. The van der Waals surface area contributed by atoms with Gasteiger partial charge in [0.05, 0.1) is 0 Å². The number of hydrogen-bond acceptors (Lipinski definition) is 2. The van der Waals surface area contributed by atoms with Gasteiger partial charge in [0.2, 0.25) is 5.78 Å². The summed E-state index contributed by atoms with van der Waals surface area (Å²) in [4.78, 5) is 25.6. The Kier molecular flexibility index (Phi) is 4.37. The molecule has 1 heterocycles. The molecule has 0 bridgehead atoms. The number of piperidine rings is 1. The quantitative estimate of drug-likeness (QED) is 0.622. The molecule has 0 radical (unpaired) electrons. The van der Waals surface area contributed by atoms with Gasteiger partial charge in [-0.2, -0.15) is 0 Å². The minimum atomic E-state index is -0.874. The summed E-state index contributed by atoms with van der Waals surface area (Å²) in [7, 11) is 0. The Morgan fingerprint density at radius 1 is 1.06 bits per heavy atom. The van der Waals surface area contributed by atoms with Crippen molar-refractivity contribution in [2.24, 2.45) is 0 Å². The van der Waals surface area contributed by atoms with Gasteiger partial charge < -0.3 is 4.90 Å². The summed E-state index contributed by atoms with van der Waals surface area (Å²) < 4.78 is 0. The van der Waals surface area contributed by atoms with Crippen molar-refractivity contribution in [1.29, 1.82) is 0 Å². The summed E-state index contributed by atoms with van der Waals surface area (Å²) in [6.45, 7) is 1.34. The first-order valence-corrected chi connectivity index (χ1v) is 6.66. The van der Waals surface area contributed by atoms with Crippen molar-refractivity contribution in [2.45, 2.75) is 24.6 Å². The maximum atomic E-state index is 12.0. The molecule has 1 aliphatic heterocycles. The summed E-state index contributed by atoms with van der Waals surface area (Å²) in [5.74, 6) is -0.969. The Labute approximate surface area is 112 Å². The highest BCUT2D eigenvalue weighted by Gasteiger charge is 2.29. The van der Waals surface area contributed by atoms with Gasteiger partial charge in [-0.25, -0.2) is 0 Å². The normalized spacial score (nSPS) is 17.3. The summed E-state index contributed by atoms with van der Waals surface area (Å²) in [6.07, 6.45) is 3.07. The summed E-state index contributed by atoms with van der Waals surface area (Å²) in [5.41, 5.74) is 0.675. The molecule has 0 aliphatic carbocycles. The second-order valence-corrected chi connectivity index (χ2v) is 4.93. The van der Waals surface area contributed by atoms with Gasteiger partial charge in [0.25, 0.3) is 5.91 Å². The highest BCUT2D eigenvalue weighted by atomic mass is 35.5. The molecule has 4 heteroatoms. The van der Waals surface area contributed by atoms with Gasteiger partial charge in [-0.15, -0.1) is 11.6 Å². The van der Waals surface area contributed by atoms with E-state index in [1.807, 2.05) is 18.2 Å². The zero-order chi connectivity index (χ0) is 13.0. The Morgan fingerprint density at radius 2 is 1.67 bits per heavy atom. The minimum absolute atomic E-state index is 0.446. The molecular formula is C14H16ClNO2. The molecule has 96 valence electrons. The van der Waals surface area contributed by atoms with E-state index in [1.54, 1.807) is 17.0 Å². The zero-order valence-corrected chi connectivity index (χ0v) is 10.9. The van der Waals surface area contributed by atoms with Crippen LogP contribution in [0.2, 0.25) is 0 Å². The number of halogens is 1. The van der Waals surface area contributed by atoms with Gasteiger partial charge in [0.1, 0.15) is 5.38 Å². The third-order valence-corrected chi connectivity index (χ3v) is 3.63. The van der Waals surface area contributed by atoms with Crippen molar-refractivity contribution in [3.8, 4) is 0 Å². The Bertz CT molecular complexity index is 427. The van der Waals surface area contributed by atoms with Crippen LogP contribution in [-0.4, -0.2) is 29.7 Å². The van der Waals surface area contributed by atoms with Gasteiger partial charge in [-0.3, -0.25) is 9.59 Å². The first-order chi connectivity index (χ1) is 8.70. The van der Waals surface area contributed by atoms with Crippen LogP contribution in [0.5, 0.6) is 0 Å². The van der Waals surface area contributed by atoms with Crippen LogP contribution in [0.3, 0.4) is 0 Å². The number of benzene rings is 1. The monoisotopic (exact) mass is 265 g/mol. The molecule has 1 saturated heterocycles. The third-order valence-electron chi connectivity index (χ3n) is 3.18. The molecule has 2 rings (SSSR count). The third kappa shape index (κ3) is 2.91. The molecule has 0 aromatic heterocycles. The van der Waals surface area contributed by atoms with Gasteiger partial charge in [-0.05, 0) is 24.8 Å². The van der Waals surface area contributed by atoms with Crippen LogP contribution < -0.4 is 0 Å². The first kappa shape index (κ1) is 13.1. The lowest BCUT2D eigenvalue weighted by Crippen LogP contribution is -2.41. The number of hydrogen-bond donors (Lipinski definition) is 0. The molecular weight excluding hydrogens is 250 g/mol. The van der Waals surface area contributed by atoms with Crippen molar-refractivity contribution in [1.82, 2.24) is 4.90 Å². The number of carbonyl (C=O) groups excluding carboxylic acids is 2. The lowest BCUT2D eigenvalue weighted by molar-refractivity contribution is -0.145. The summed E-state index contributed by atoms with van der Waals surface area (Å²) in [6, 6.07) is 8.99. The molecule has 0 N–H and O–H groups in total. The molecule has 1 aliphatic rings. The second-order valence-electron chi connectivity index (χ2n) is 4.49. The number of carbonyl (C=O) groups is 2. The Morgan fingerprint density at radius 3 is 2.28 bits per heavy atom. The van der Waals surface area contributed by atoms with Crippen molar-refractivity contribution in [3.05, 3.63) is 35.9 Å². The summed E-state index contributed by atoms with van der Waals surface area (Å²) >= 11 is 6.07. The number of Topliss-reactive ketones (excluding diaryl/α,β-unsaturated/α-hetero) is 1. The molecule has 1 amide bonds. The lowest BCUT2D eigenvalue weighted by atomic mass is 10.1. The molecule has 3 nitrogen and oxygen atoms in total. The maximum Gasteiger partial charge on any atom is 0.291 e. The van der Waals surface area contributed by atoms with Crippen LogP contribution in [0.4, 0.5) is 0 Å². The zero-order valence-electron chi connectivity index (χ0n) is 10.1. The van der Waals surface area contributed by atoms with Crippen LogP contribution in [0.25, 0.3) is 0 Å². The van der Waals surface area contributed by atoms with Crippen molar-refractivity contribution >= 4 is 23.3 Å². The predicted molar refractivity (Wildman–Crippen MR) is 70.5 cm³/mol. The molecule has 1 unspecified atom stereocenters. The fourth-order valence-electron chi connectivity index (χ4n) is 2.13. The predicted octanol–water partition coefficient (Wildman–Crippen LogP) is 2.55. The smallest absolute Gasteiger partial charge is 0.291 e. The fraction of sp³-hybridized carbons (Fsp3) is 0.429. The highest BCUT2D eigenvalue weighted by Crippen LogP contribution is 2.22. The fourth-order valence-corrected chi connectivity index (χ4v) is 2.37. The van der Waals surface area contributed by atoms with E-state index in [4.69, 9.17) is 11.6 Å². The van der Waals surface area contributed by atoms with Gasteiger partial charge in [0.15, 0.2) is 0 Å². The van der Waals surface area contributed by atoms with E-state index in [2.05, 4.69) is 0 Å². The van der Waals surface area contributed by atoms with Crippen LogP contribution in [0.1, 0.15) is 30.2 Å². The molecule has 1 aromatic rings. The topological polar surface area (TPSA) is 37.4 Å². The average molecular weight is 266 g/mol. The number of likely N-dealkylation sites (tertiary alicyclic amines) is 1. The largest absolute Gasteiger partial charge is 0.336 e. The average Bonchev–Trinajstić information content (AvgIpc) is 2.47. The van der Waals surface area contributed by atoms with Crippen molar-refractivity contribution in [2.75, 3.05) is 13.1 Å². The molecule has 1 atom stereocenters. The Hall–Kier alpha value is -1.35. The molecule has 0 saturated carbocycles. The number of ketones is 1. The van der Waals surface area contributed by atoms with E-state index in [1.165, 1.54) is 0 Å².